The Labute approximate surface area is 128 Å². The van der Waals surface area contributed by atoms with Gasteiger partial charge in [-0.15, -0.1) is 0 Å². The monoisotopic (exact) mass is 301 g/mol. The summed E-state index contributed by atoms with van der Waals surface area (Å²) in [7, 11) is 0. The molecule has 0 saturated carbocycles. The number of nitrogens with zero attached hydrogens (tertiary/aromatic N) is 1. The number of hydrogen-bond donors (Lipinski definition) is 1. The number of carbonyl (C=O) groups is 1. The van der Waals surface area contributed by atoms with Gasteiger partial charge in [-0.05, 0) is 31.0 Å². The lowest BCUT2D eigenvalue weighted by Crippen LogP contribution is -2.29. The normalized spacial score (nSPS) is 11.9. The van der Waals surface area contributed by atoms with Crippen LogP contribution in [0.15, 0.2) is 47.4 Å². The van der Waals surface area contributed by atoms with Crippen LogP contribution >= 0.6 is 0 Å². The van der Waals surface area contributed by atoms with Crippen molar-refractivity contribution in [1.29, 1.82) is 0 Å². The Morgan fingerprint density at radius 2 is 1.95 bits per heavy atom. The summed E-state index contributed by atoms with van der Waals surface area (Å²) in [6, 6.07) is 10.1. The van der Waals surface area contributed by atoms with Gasteiger partial charge in [0.05, 0.1) is 0 Å². The zero-order valence-corrected chi connectivity index (χ0v) is 12.7. The van der Waals surface area contributed by atoms with Gasteiger partial charge in [0.1, 0.15) is 12.6 Å². The summed E-state index contributed by atoms with van der Waals surface area (Å²) in [5, 5.41) is 9.18. The second-order valence-corrected chi connectivity index (χ2v) is 5.12. The van der Waals surface area contributed by atoms with Crippen LogP contribution in [0.2, 0.25) is 0 Å². The van der Waals surface area contributed by atoms with Crippen molar-refractivity contribution in [3.8, 4) is 5.75 Å². The first-order chi connectivity index (χ1) is 10.5. The van der Waals surface area contributed by atoms with Crippen molar-refractivity contribution < 1.29 is 14.6 Å². The number of hydrogen-bond acceptors (Lipinski definition) is 3. The van der Waals surface area contributed by atoms with Gasteiger partial charge in [-0.25, -0.2) is 4.79 Å². The zero-order valence-electron chi connectivity index (χ0n) is 12.7. The van der Waals surface area contributed by atoms with Crippen molar-refractivity contribution in [3.05, 3.63) is 64.1 Å². The molecule has 0 fully saturated rings. The molecule has 1 atom stereocenters. The lowest BCUT2D eigenvalue weighted by Gasteiger charge is -2.15. The van der Waals surface area contributed by atoms with Crippen LogP contribution in [0.4, 0.5) is 0 Å². The molecule has 5 heteroatoms. The number of ether oxygens (including phenoxy) is 1. The van der Waals surface area contributed by atoms with E-state index in [9.17, 15) is 14.7 Å². The molecule has 0 aliphatic heterocycles. The standard InChI is InChI=1S/C17H19NO4/c1-3-14(17(20)21)18-10-4-5-15(16(18)19)22-11-13-8-6-12(2)7-9-13/h4-10,14H,3,11H2,1-2H3,(H,20,21). The summed E-state index contributed by atoms with van der Waals surface area (Å²) in [5.74, 6) is -0.872. The van der Waals surface area contributed by atoms with Crippen molar-refractivity contribution in [2.24, 2.45) is 0 Å². The first kappa shape index (κ1) is 15.8. The third-order valence-corrected chi connectivity index (χ3v) is 3.46. The summed E-state index contributed by atoms with van der Waals surface area (Å²) in [5.41, 5.74) is 1.67. The lowest BCUT2D eigenvalue weighted by atomic mass is 10.2. The van der Waals surface area contributed by atoms with Crippen LogP contribution in [-0.4, -0.2) is 15.6 Å². The maximum atomic E-state index is 12.3. The van der Waals surface area contributed by atoms with Gasteiger partial charge in [0.2, 0.25) is 0 Å². The molecule has 1 aromatic carbocycles. The van der Waals surface area contributed by atoms with Gasteiger partial charge in [0, 0.05) is 6.20 Å². The van der Waals surface area contributed by atoms with Crippen LogP contribution in [0.1, 0.15) is 30.5 Å². The minimum Gasteiger partial charge on any atom is -0.483 e. The Kier molecular flexibility index (Phi) is 4.99. The number of aromatic nitrogens is 1. The summed E-state index contributed by atoms with van der Waals surface area (Å²) < 4.78 is 6.75. The van der Waals surface area contributed by atoms with Gasteiger partial charge in [-0.2, -0.15) is 0 Å². The highest BCUT2D eigenvalue weighted by atomic mass is 16.5. The van der Waals surface area contributed by atoms with E-state index in [-0.39, 0.29) is 12.4 Å². The molecule has 0 amide bonds. The number of carboxylic acids is 1. The fourth-order valence-corrected chi connectivity index (χ4v) is 2.18. The smallest absolute Gasteiger partial charge is 0.326 e. The van der Waals surface area contributed by atoms with Crippen molar-refractivity contribution in [2.75, 3.05) is 0 Å². The van der Waals surface area contributed by atoms with E-state index in [0.29, 0.717) is 6.42 Å². The predicted octanol–water partition coefficient (Wildman–Crippen LogP) is 2.77. The molecule has 0 aliphatic carbocycles. The van der Waals surface area contributed by atoms with E-state index in [1.54, 1.807) is 19.1 Å². The van der Waals surface area contributed by atoms with Crippen molar-refractivity contribution in [1.82, 2.24) is 4.57 Å². The first-order valence-corrected chi connectivity index (χ1v) is 7.15. The Hall–Kier alpha value is -2.56. The molecule has 1 N–H and O–H groups in total. The summed E-state index contributed by atoms with van der Waals surface area (Å²) in [6.07, 6.45) is 1.81. The molecule has 22 heavy (non-hydrogen) atoms. The quantitative estimate of drug-likeness (QED) is 0.890. The molecule has 1 heterocycles. The number of aliphatic carboxylic acids is 1. The first-order valence-electron chi connectivity index (χ1n) is 7.15. The van der Waals surface area contributed by atoms with Crippen molar-refractivity contribution in [2.45, 2.75) is 32.9 Å². The van der Waals surface area contributed by atoms with Crippen LogP contribution in [-0.2, 0) is 11.4 Å². The molecule has 5 nitrogen and oxygen atoms in total. The maximum Gasteiger partial charge on any atom is 0.326 e. The molecular weight excluding hydrogens is 282 g/mol. The summed E-state index contributed by atoms with van der Waals surface area (Å²) in [4.78, 5) is 23.5. The van der Waals surface area contributed by atoms with E-state index in [0.717, 1.165) is 11.1 Å². The highest BCUT2D eigenvalue weighted by Crippen LogP contribution is 2.13. The van der Waals surface area contributed by atoms with Gasteiger partial charge >= 0.3 is 5.97 Å². The van der Waals surface area contributed by atoms with Crippen LogP contribution in [0.25, 0.3) is 0 Å². The van der Waals surface area contributed by atoms with Crippen LogP contribution in [0.5, 0.6) is 5.75 Å². The maximum absolute atomic E-state index is 12.3. The minimum absolute atomic E-state index is 0.155. The van der Waals surface area contributed by atoms with Crippen LogP contribution in [0, 0.1) is 6.92 Å². The average molecular weight is 301 g/mol. The number of rotatable bonds is 6. The van der Waals surface area contributed by atoms with Crippen LogP contribution < -0.4 is 10.3 Å². The highest BCUT2D eigenvalue weighted by Gasteiger charge is 2.19. The minimum atomic E-state index is -1.03. The van der Waals surface area contributed by atoms with E-state index < -0.39 is 17.6 Å². The molecule has 1 aromatic heterocycles. The van der Waals surface area contributed by atoms with E-state index in [1.165, 1.54) is 10.8 Å². The Morgan fingerprint density at radius 1 is 1.27 bits per heavy atom. The molecule has 1 unspecified atom stereocenters. The molecule has 0 spiro atoms. The molecule has 2 rings (SSSR count). The van der Waals surface area contributed by atoms with Gasteiger partial charge < -0.3 is 9.84 Å². The fraction of sp³-hybridized carbons (Fsp3) is 0.294. The number of benzene rings is 1. The second-order valence-electron chi connectivity index (χ2n) is 5.12. The Morgan fingerprint density at radius 3 is 2.55 bits per heavy atom. The molecule has 0 saturated heterocycles. The van der Waals surface area contributed by atoms with Gasteiger partial charge in [-0.1, -0.05) is 36.8 Å². The van der Waals surface area contributed by atoms with E-state index in [1.807, 2.05) is 31.2 Å². The van der Waals surface area contributed by atoms with Gasteiger partial charge in [0.25, 0.3) is 5.56 Å². The Bertz CT molecular complexity index is 703. The van der Waals surface area contributed by atoms with E-state index >= 15 is 0 Å². The largest absolute Gasteiger partial charge is 0.483 e. The van der Waals surface area contributed by atoms with E-state index in [2.05, 4.69) is 0 Å². The number of carboxylic acid groups (broad SMARTS) is 1. The fourth-order valence-electron chi connectivity index (χ4n) is 2.18. The topological polar surface area (TPSA) is 68.5 Å². The SMILES string of the molecule is CCC(C(=O)O)n1cccc(OCc2ccc(C)cc2)c1=O. The van der Waals surface area contributed by atoms with Gasteiger partial charge in [-0.3, -0.25) is 9.36 Å². The van der Waals surface area contributed by atoms with Crippen LogP contribution in [0.3, 0.4) is 0 Å². The molecule has 116 valence electrons. The van der Waals surface area contributed by atoms with Gasteiger partial charge in [0.15, 0.2) is 5.75 Å². The molecule has 0 aliphatic rings. The average Bonchev–Trinajstić information content (AvgIpc) is 2.50. The molecule has 0 radical (unpaired) electrons. The third kappa shape index (κ3) is 3.55. The third-order valence-electron chi connectivity index (χ3n) is 3.46. The molecule has 2 aromatic rings. The number of aryl methyl sites for hydroxylation is 1. The lowest BCUT2D eigenvalue weighted by molar-refractivity contribution is -0.141. The highest BCUT2D eigenvalue weighted by molar-refractivity contribution is 5.71. The zero-order chi connectivity index (χ0) is 16.1. The van der Waals surface area contributed by atoms with Crippen molar-refractivity contribution >= 4 is 5.97 Å². The van der Waals surface area contributed by atoms with Crippen molar-refractivity contribution in [3.63, 3.8) is 0 Å². The van der Waals surface area contributed by atoms with E-state index in [4.69, 9.17) is 4.74 Å². The predicted molar refractivity (Wildman–Crippen MR) is 83.2 cm³/mol. The second kappa shape index (κ2) is 6.93. The summed E-state index contributed by atoms with van der Waals surface area (Å²) in [6.45, 7) is 3.99. The number of pyridine rings is 1. The molecular formula is C17H19NO4. The Balaban J connectivity index is 2.20. The molecule has 0 bridgehead atoms. The summed E-state index contributed by atoms with van der Waals surface area (Å²) >= 11 is 0.